The third-order valence-corrected chi connectivity index (χ3v) is 2.80. The fourth-order valence-corrected chi connectivity index (χ4v) is 1.85. The largest absolute Gasteiger partial charge is 0.496 e. The number of aryl methyl sites for hydroxylation is 2. The highest BCUT2D eigenvalue weighted by atomic mass is 16.5. The monoisotopic (exact) mass is 232 g/mol. The van der Waals surface area contributed by atoms with Crippen LogP contribution in [0.25, 0.3) is 11.3 Å². The molecule has 90 valence electrons. The molecule has 1 aromatic heterocycles. The summed E-state index contributed by atoms with van der Waals surface area (Å²) in [5.74, 6) is 1.53. The lowest BCUT2D eigenvalue weighted by Crippen LogP contribution is -1.99. The SMILES string of the molecule is COc1ccc(C)cc1-c1noc(C)c1CN. The van der Waals surface area contributed by atoms with E-state index in [0.717, 1.165) is 33.9 Å². The van der Waals surface area contributed by atoms with Crippen molar-refractivity contribution in [3.05, 3.63) is 35.1 Å². The van der Waals surface area contributed by atoms with Crippen LogP contribution < -0.4 is 10.5 Å². The summed E-state index contributed by atoms with van der Waals surface area (Å²) in [7, 11) is 1.64. The van der Waals surface area contributed by atoms with E-state index in [1.165, 1.54) is 0 Å². The molecule has 17 heavy (non-hydrogen) atoms. The topological polar surface area (TPSA) is 61.3 Å². The van der Waals surface area contributed by atoms with Crippen molar-refractivity contribution in [3.8, 4) is 17.0 Å². The Morgan fingerprint density at radius 2 is 2.12 bits per heavy atom. The number of aromatic nitrogens is 1. The number of hydrogen-bond donors (Lipinski definition) is 1. The molecule has 1 aromatic carbocycles. The van der Waals surface area contributed by atoms with E-state index in [-0.39, 0.29) is 0 Å². The van der Waals surface area contributed by atoms with Gasteiger partial charge in [0.15, 0.2) is 0 Å². The fourth-order valence-electron chi connectivity index (χ4n) is 1.85. The van der Waals surface area contributed by atoms with E-state index in [4.69, 9.17) is 15.0 Å². The van der Waals surface area contributed by atoms with Gasteiger partial charge in [0, 0.05) is 17.7 Å². The predicted molar refractivity (Wildman–Crippen MR) is 65.9 cm³/mol. The Kier molecular flexibility index (Phi) is 3.15. The van der Waals surface area contributed by atoms with Crippen LogP contribution in [0.5, 0.6) is 5.75 Å². The Hall–Kier alpha value is -1.81. The van der Waals surface area contributed by atoms with Crippen molar-refractivity contribution < 1.29 is 9.26 Å². The summed E-state index contributed by atoms with van der Waals surface area (Å²) in [6.07, 6.45) is 0. The van der Waals surface area contributed by atoms with Gasteiger partial charge < -0.3 is 15.0 Å². The molecule has 0 saturated carbocycles. The van der Waals surface area contributed by atoms with Crippen molar-refractivity contribution in [2.45, 2.75) is 20.4 Å². The Morgan fingerprint density at radius 1 is 1.35 bits per heavy atom. The maximum absolute atomic E-state index is 5.72. The molecule has 2 aromatic rings. The Balaban J connectivity index is 2.62. The summed E-state index contributed by atoms with van der Waals surface area (Å²) in [5.41, 5.74) is 9.48. The molecule has 0 aliphatic heterocycles. The number of hydrogen-bond acceptors (Lipinski definition) is 4. The van der Waals surface area contributed by atoms with Gasteiger partial charge in [-0.25, -0.2) is 0 Å². The quantitative estimate of drug-likeness (QED) is 0.882. The second-order valence-corrected chi connectivity index (χ2v) is 3.97. The van der Waals surface area contributed by atoms with Gasteiger partial charge in [-0.05, 0) is 26.0 Å². The molecule has 2 N–H and O–H groups in total. The number of rotatable bonds is 3. The van der Waals surface area contributed by atoms with E-state index < -0.39 is 0 Å². The maximum atomic E-state index is 5.72. The highest BCUT2D eigenvalue weighted by Gasteiger charge is 2.16. The normalized spacial score (nSPS) is 10.6. The number of methoxy groups -OCH3 is 1. The molecule has 0 aliphatic carbocycles. The van der Waals surface area contributed by atoms with Crippen LogP contribution in [-0.4, -0.2) is 12.3 Å². The fraction of sp³-hybridized carbons (Fsp3) is 0.308. The molecule has 2 rings (SSSR count). The number of nitrogens with two attached hydrogens (primary N) is 1. The third-order valence-electron chi connectivity index (χ3n) is 2.80. The van der Waals surface area contributed by atoms with Crippen LogP contribution in [0, 0.1) is 13.8 Å². The van der Waals surface area contributed by atoms with Crippen molar-refractivity contribution in [3.63, 3.8) is 0 Å². The van der Waals surface area contributed by atoms with E-state index in [1.54, 1.807) is 7.11 Å². The van der Waals surface area contributed by atoms with Crippen molar-refractivity contribution in [2.24, 2.45) is 5.73 Å². The van der Waals surface area contributed by atoms with Gasteiger partial charge in [-0.2, -0.15) is 0 Å². The molecule has 0 unspecified atom stereocenters. The second kappa shape index (κ2) is 4.59. The average molecular weight is 232 g/mol. The Labute approximate surface area is 100 Å². The summed E-state index contributed by atoms with van der Waals surface area (Å²) >= 11 is 0. The minimum atomic E-state index is 0.405. The number of ether oxygens (including phenoxy) is 1. The van der Waals surface area contributed by atoms with Crippen molar-refractivity contribution in [2.75, 3.05) is 7.11 Å². The number of benzene rings is 1. The van der Waals surface area contributed by atoms with E-state index in [2.05, 4.69) is 5.16 Å². The molecular weight excluding hydrogens is 216 g/mol. The van der Waals surface area contributed by atoms with Crippen LogP contribution in [0.3, 0.4) is 0 Å². The van der Waals surface area contributed by atoms with Gasteiger partial charge in [0.25, 0.3) is 0 Å². The highest BCUT2D eigenvalue weighted by Crippen LogP contribution is 2.33. The summed E-state index contributed by atoms with van der Waals surface area (Å²) in [4.78, 5) is 0. The van der Waals surface area contributed by atoms with Gasteiger partial charge in [-0.15, -0.1) is 0 Å². The molecule has 1 heterocycles. The van der Waals surface area contributed by atoms with Gasteiger partial charge >= 0.3 is 0 Å². The van der Waals surface area contributed by atoms with Gasteiger partial charge in [-0.1, -0.05) is 16.8 Å². The van der Waals surface area contributed by atoms with Crippen LogP contribution in [0.1, 0.15) is 16.9 Å². The van der Waals surface area contributed by atoms with Gasteiger partial charge in [0.1, 0.15) is 17.2 Å². The molecule has 0 fully saturated rings. The average Bonchev–Trinajstić information content (AvgIpc) is 2.70. The number of nitrogens with zero attached hydrogens (tertiary/aromatic N) is 1. The molecule has 4 nitrogen and oxygen atoms in total. The Bertz CT molecular complexity index is 532. The first-order valence-electron chi connectivity index (χ1n) is 5.47. The first-order chi connectivity index (χ1) is 8.17. The predicted octanol–water partition coefficient (Wildman–Crippen LogP) is 2.43. The lowest BCUT2D eigenvalue weighted by Gasteiger charge is -2.08. The summed E-state index contributed by atoms with van der Waals surface area (Å²) in [6, 6.07) is 5.95. The molecular formula is C13H16N2O2. The van der Waals surface area contributed by atoms with Crippen molar-refractivity contribution in [1.29, 1.82) is 0 Å². The van der Waals surface area contributed by atoms with Crippen LogP contribution >= 0.6 is 0 Å². The van der Waals surface area contributed by atoms with Crippen LogP contribution in [0.15, 0.2) is 22.7 Å². The van der Waals surface area contributed by atoms with Crippen LogP contribution in [0.2, 0.25) is 0 Å². The zero-order valence-electron chi connectivity index (χ0n) is 10.3. The smallest absolute Gasteiger partial charge is 0.138 e. The zero-order chi connectivity index (χ0) is 12.4. The molecule has 0 aliphatic rings. The summed E-state index contributed by atoms with van der Waals surface area (Å²) in [5, 5.41) is 4.07. The lowest BCUT2D eigenvalue weighted by atomic mass is 10.0. The lowest BCUT2D eigenvalue weighted by molar-refractivity contribution is 0.396. The van der Waals surface area contributed by atoms with Crippen LogP contribution in [0.4, 0.5) is 0 Å². The van der Waals surface area contributed by atoms with E-state index >= 15 is 0 Å². The molecule has 0 spiro atoms. The molecule has 0 saturated heterocycles. The maximum Gasteiger partial charge on any atom is 0.138 e. The van der Waals surface area contributed by atoms with Gasteiger partial charge in [0.05, 0.1) is 7.11 Å². The van der Waals surface area contributed by atoms with Crippen molar-refractivity contribution in [1.82, 2.24) is 5.16 Å². The summed E-state index contributed by atoms with van der Waals surface area (Å²) < 4.78 is 10.5. The molecule has 0 bridgehead atoms. The zero-order valence-corrected chi connectivity index (χ0v) is 10.3. The highest BCUT2D eigenvalue weighted by molar-refractivity contribution is 5.71. The van der Waals surface area contributed by atoms with E-state index in [0.29, 0.717) is 6.54 Å². The second-order valence-electron chi connectivity index (χ2n) is 3.97. The van der Waals surface area contributed by atoms with Crippen molar-refractivity contribution >= 4 is 0 Å². The first kappa shape index (κ1) is 11.7. The minimum absolute atomic E-state index is 0.405. The van der Waals surface area contributed by atoms with E-state index in [1.807, 2.05) is 32.0 Å². The third kappa shape index (κ3) is 2.03. The first-order valence-corrected chi connectivity index (χ1v) is 5.47. The summed E-state index contributed by atoms with van der Waals surface area (Å²) in [6.45, 7) is 4.29. The Morgan fingerprint density at radius 3 is 2.76 bits per heavy atom. The van der Waals surface area contributed by atoms with E-state index in [9.17, 15) is 0 Å². The molecule has 4 heteroatoms. The van der Waals surface area contributed by atoms with Gasteiger partial charge in [-0.3, -0.25) is 0 Å². The molecule has 0 atom stereocenters. The molecule has 0 radical (unpaired) electrons. The standard InChI is InChI=1S/C13H16N2O2/c1-8-4-5-12(16-3)10(6-8)13-11(7-14)9(2)17-15-13/h4-6H,7,14H2,1-3H3. The van der Waals surface area contributed by atoms with Crippen LogP contribution in [-0.2, 0) is 6.54 Å². The minimum Gasteiger partial charge on any atom is -0.496 e. The van der Waals surface area contributed by atoms with Gasteiger partial charge in [0.2, 0.25) is 0 Å². The molecule has 0 amide bonds.